The largest absolute Gasteiger partial charge is 0.325 e. The minimum absolute atomic E-state index is 0.108. The second kappa shape index (κ2) is 8.37. The number of nitrogens with one attached hydrogen (secondary N) is 2. The Bertz CT molecular complexity index is 873. The van der Waals surface area contributed by atoms with Gasteiger partial charge in [0.1, 0.15) is 0 Å². The summed E-state index contributed by atoms with van der Waals surface area (Å²) in [6.45, 7) is 0. The number of carbonyl (C=O) groups is 2. The summed E-state index contributed by atoms with van der Waals surface area (Å²) < 4.78 is 0. The number of allylic oxidation sites excluding steroid dienone is 1. The summed E-state index contributed by atoms with van der Waals surface area (Å²) in [6.07, 6.45) is 0.229. The number of nitriles is 1. The summed E-state index contributed by atoms with van der Waals surface area (Å²) in [5, 5.41) is 15.6. The van der Waals surface area contributed by atoms with Crippen molar-refractivity contribution >= 4 is 29.3 Å². The number of hydrogen-bond donors (Lipinski definition) is 2. The van der Waals surface area contributed by atoms with Gasteiger partial charge in [-0.05, 0) is 17.7 Å². The first-order chi connectivity index (χ1) is 12.7. The first-order valence-electron chi connectivity index (χ1n) is 8.14. The maximum absolute atomic E-state index is 12.1. The lowest BCUT2D eigenvalue weighted by Crippen LogP contribution is -2.31. The highest BCUT2D eigenvalue weighted by Crippen LogP contribution is 2.35. The number of amides is 2. The summed E-state index contributed by atoms with van der Waals surface area (Å²) in [5.74, 6) is -0.516. The average molecular weight is 363 g/mol. The van der Waals surface area contributed by atoms with Crippen LogP contribution in [-0.2, 0) is 9.59 Å². The quantitative estimate of drug-likeness (QED) is 0.853. The number of rotatable bonds is 5. The van der Waals surface area contributed by atoms with Crippen molar-refractivity contribution in [3.05, 3.63) is 76.8 Å². The third kappa shape index (κ3) is 4.32. The highest BCUT2D eigenvalue weighted by Gasteiger charge is 2.29. The van der Waals surface area contributed by atoms with Gasteiger partial charge in [-0.2, -0.15) is 5.26 Å². The minimum Gasteiger partial charge on any atom is -0.325 e. The van der Waals surface area contributed by atoms with Crippen molar-refractivity contribution in [3.63, 3.8) is 0 Å². The second-order valence-corrected chi connectivity index (χ2v) is 6.76. The predicted octanol–water partition coefficient (Wildman–Crippen LogP) is 3.40. The molecule has 1 aliphatic rings. The van der Waals surface area contributed by atoms with Crippen LogP contribution in [0.1, 0.15) is 17.9 Å². The lowest BCUT2D eigenvalue weighted by molar-refractivity contribution is -0.121. The Morgan fingerprint density at radius 2 is 1.81 bits per heavy atom. The summed E-state index contributed by atoms with van der Waals surface area (Å²) >= 11 is 1.17. The third-order valence-electron chi connectivity index (χ3n) is 3.96. The molecule has 0 saturated heterocycles. The fourth-order valence-electron chi connectivity index (χ4n) is 2.76. The van der Waals surface area contributed by atoms with Crippen molar-refractivity contribution < 1.29 is 9.59 Å². The standard InChI is InChI=1S/C20H17N3O2S/c21-12-17-16(14-7-3-1-4-8-14)11-18(24)23-20(17)26-13-19(25)22-15-9-5-2-6-10-15/h1-10,16H,11,13H2,(H,22,25)(H,23,24)/t16-/m1/s1. The topological polar surface area (TPSA) is 82.0 Å². The van der Waals surface area contributed by atoms with Crippen molar-refractivity contribution in [2.45, 2.75) is 12.3 Å². The van der Waals surface area contributed by atoms with Crippen LogP contribution in [0.25, 0.3) is 0 Å². The van der Waals surface area contributed by atoms with E-state index in [0.29, 0.717) is 16.3 Å². The van der Waals surface area contributed by atoms with Gasteiger partial charge in [-0.3, -0.25) is 9.59 Å². The van der Waals surface area contributed by atoms with E-state index in [1.54, 1.807) is 12.1 Å². The first-order valence-corrected chi connectivity index (χ1v) is 9.12. The molecule has 0 radical (unpaired) electrons. The normalized spacial score (nSPS) is 16.6. The smallest absolute Gasteiger partial charge is 0.234 e. The number of anilines is 1. The van der Waals surface area contributed by atoms with Crippen LogP contribution in [0.3, 0.4) is 0 Å². The molecule has 0 aliphatic carbocycles. The molecule has 1 heterocycles. The fraction of sp³-hybridized carbons (Fsp3) is 0.150. The van der Waals surface area contributed by atoms with Gasteiger partial charge in [-0.15, -0.1) is 0 Å². The van der Waals surface area contributed by atoms with E-state index in [1.807, 2.05) is 48.5 Å². The molecule has 0 unspecified atom stereocenters. The lowest BCUT2D eigenvalue weighted by Gasteiger charge is -2.25. The summed E-state index contributed by atoms with van der Waals surface area (Å²) in [6, 6.07) is 20.8. The second-order valence-electron chi connectivity index (χ2n) is 5.77. The molecule has 3 rings (SSSR count). The fourth-order valence-corrected chi connectivity index (χ4v) is 3.64. The number of benzene rings is 2. The Kier molecular flexibility index (Phi) is 5.72. The first kappa shape index (κ1) is 17.8. The molecule has 0 aromatic heterocycles. The van der Waals surface area contributed by atoms with Gasteiger partial charge in [-0.1, -0.05) is 60.3 Å². The lowest BCUT2D eigenvalue weighted by atomic mass is 9.87. The Balaban J connectivity index is 1.74. The van der Waals surface area contributed by atoms with Crippen LogP contribution < -0.4 is 10.6 Å². The zero-order valence-electron chi connectivity index (χ0n) is 13.9. The van der Waals surface area contributed by atoms with Gasteiger partial charge >= 0.3 is 0 Å². The number of thioether (sulfide) groups is 1. The number of hydrogen-bond acceptors (Lipinski definition) is 4. The van der Waals surface area contributed by atoms with E-state index in [1.165, 1.54) is 11.8 Å². The van der Waals surface area contributed by atoms with Gasteiger partial charge in [0.2, 0.25) is 11.8 Å². The Hall–Kier alpha value is -3.04. The average Bonchev–Trinajstić information content (AvgIpc) is 2.67. The summed E-state index contributed by atoms with van der Waals surface area (Å²) in [4.78, 5) is 24.2. The number of carbonyl (C=O) groups excluding carboxylic acids is 2. The molecule has 2 amide bonds. The van der Waals surface area contributed by atoms with Gasteiger partial charge in [0.15, 0.2) is 0 Å². The summed E-state index contributed by atoms with van der Waals surface area (Å²) in [7, 11) is 0. The molecular formula is C20H17N3O2S. The van der Waals surface area contributed by atoms with Crippen LogP contribution in [0, 0.1) is 11.3 Å². The Morgan fingerprint density at radius 3 is 2.46 bits per heavy atom. The maximum Gasteiger partial charge on any atom is 0.234 e. The zero-order valence-corrected chi connectivity index (χ0v) is 14.8. The molecule has 0 spiro atoms. The van der Waals surface area contributed by atoms with E-state index in [-0.39, 0.29) is 29.9 Å². The van der Waals surface area contributed by atoms with E-state index >= 15 is 0 Å². The molecule has 2 N–H and O–H groups in total. The third-order valence-corrected chi connectivity index (χ3v) is 4.98. The number of nitrogens with zero attached hydrogens (tertiary/aromatic N) is 1. The van der Waals surface area contributed by atoms with Crippen molar-refractivity contribution in [1.82, 2.24) is 5.32 Å². The van der Waals surface area contributed by atoms with Gasteiger partial charge in [0.25, 0.3) is 0 Å². The van der Waals surface area contributed by atoms with Crippen LogP contribution in [-0.4, -0.2) is 17.6 Å². The summed E-state index contributed by atoms with van der Waals surface area (Å²) in [5.41, 5.74) is 2.13. The SMILES string of the molecule is N#CC1=C(SCC(=O)Nc2ccccc2)NC(=O)C[C@@H]1c1ccccc1. The number of para-hydroxylation sites is 1. The monoisotopic (exact) mass is 363 g/mol. The van der Waals surface area contributed by atoms with E-state index < -0.39 is 0 Å². The van der Waals surface area contributed by atoms with Gasteiger partial charge < -0.3 is 10.6 Å². The molecular weight excluding hydrogens is 346 g/mol. The molecule has 130 valence electrons. The Labute approximate surface area is 156 Å². The molecule has 2 aromatic carbocycles. The van der Waals surface area contributed by atoms with Crippen LogP contribution in [0.2, 0.25) is 0 Å². The molecule has 26 heavy (non-hydrogen) atoms. The highest BCUT2D eigenvalue weighted by molar-refractivity contribution is 8.03. The molecule has 0 fully saturated rings. The van der Waals surface area contributed by atoms with E-state index in [9.17, 15) is 14.9 Å². The van der Waals surface area contributed by atoms with Gasteiger partial charge in [0.05, 0.1) is 22.4 Å². The van der Waals surface area contributed by atoms with Crippen LogP contribution >= 0.6 is 11.8 Å². The zero-order chi connectivity index (χ0) is 18.4. The van der Waals surface area contributed by atoms with E-state index in [2.05, 4.69) is 16.7 Å². The predicted molar refractivity (Wildman–Crippen MR) is 102 cm³/mol. The van der Waals surface area contributed by atoms with E-state index in [4.69, 9.17) is 0 Å². The highest BCUT2D eigenvalue weighted by atomic mass is 32.2. The molecule has 2 aromatic rings. The van der Waals surface area contributed by atoms with Crippen LogP contribution in [0.4, 0.5) is 5.69 Å². The molecule has 0 bridgehead atoms. The van der Waals surface area contributed by atoms with E-state index in [0.717, 1.165) is 5.56 Å². The van der Waals surface area contributed by atoms with Crippen molar-refractivity contribution in [2.24, 2.45) is 0 Å². The van der Waals surface area contributed by atoms with Crippen molar-refractivity contribution in [1.29, 1.82) is 5.26 Å². The maximum atomic E-state index is 12.1. The molecule has 1 atom stereocenters. The van der Waals surface area contributed by atoms with Crippen LogP contribution in [0.15, 0.2) is 71.3 Å². The molecule has 1 aliphatic heterocycles. The minimum atomic E-state index is -0.283. The van der Waals surface area contributed by atoms with Gasteiger partial charge in [0, 0.05) is 18.0 Å². The Morgan fingerprint density at radius 1 is 1.15 bits per heavy atom. The molecule has 5 nitrogen and oxygen atoms in total. The van der Waals surface area contributed by atoms with Crippen molar-refractivity contribution in [3.8, 4) is 6.07 Å². The molecule has 0 saturated carbocycles. The van der Waals surface area contributed by atoms with Crippen molar-refractivity contribution in [2.75, 3.05) is 11.1 Å². The van der Waals surface area contributed by atoms with Gasteiger partial charge in [-0.25, -0.2) is 0 Å². The molecule has 6 heteroatoms. The van der Waals surface area contributed by atoms with Crippen LogP contribution in [0.5, 0.6) is 0 Å².